The average molecular weight is 419 g/mol. The van der Waals surface area contributed by atoms with Crippen LogP contribution in [0.4, 0.5) is 0 Å². The molecule has 0 aliphatic carbocycles. The third-order valence-electron chi connectivity index (χ3n) is 5.76. The second-order valence-corrected chi connectivity index (χ2v) is 10.4. The van der Waals surface area contributed by atoms with E-state index in [1.165, 1.54) is 116 Å². The molecule has 0 fully saturated rings. The maximum Gasteiger partial charge on any atom is 0.264 e. The van der Waals surface area contributed by atoms with Gasteiger partial charge in [0.25, 0.3) is 10.1 Å². The Kier molecular flexibility index (Phi) is 20.1. The summed E-state index contributed by atoms with van der Waals surface area (Å²) in [5, 5.41) is 0. The van der Waals surface area contributed by atoms with Crippen LogP contribution in [-0.4, -0.2) is 21.3 Å². The molecule has 0 spiro atoms. The molecule has 0 aromatic rings. The molecular weight excluding hydrogens is 368 g/mol. The molecule has 0 saturated heterocycles. The van der Waals surface area contributed by atoms with Gasteiger partial charge in [0.1, 0.15) is 0 Å². The predicted octanol–water partition coefficient (Wildman–Crippen LogP) is 8.03. The highest BCUT2D eigenvalue weighted by molar-refractivity contribution is 7.85. The predicted molar refractivity (Wildman–Crippen MR) is 123 cm³/mol. The highest BCUT2D eigenvalue weighted by Crippen LogP contribution is 2.22. The lowest BCUT2D eigenvalue weighted by Crippen LogP contribution is -2.10. The summed E-state index contributed by atoms with van der Waals surface area (Å²) < 4.78 is 27.3. The molecule has 28 heavy (non-hydrogen) atoms. The third kappa shape index (κ3) is 22.2. The van der Waals surface area contributed by atoms with Crippen LogP contribution in [0.1, 0.15) is 136 Å². The Morgan fingerprint density at radius 3 is 1.29 bits per heavy atom. The first-order valence-corrected chi connectivity index (χ1v) is 14.2. The van der Waals surface area contributed by atoms with Gasteiger partial charge < -0.3 is 0 Å². The molecule has 0 aliphatic rings. The molecule has 0 amide bonds. The third-order valence-corrected chi connectivity index (χ3v) is 6.35. The van der Waals surface area contributed by atoms with Gasteiger partial charge in [-0.15, -0.1) is 0 Å². The first-order chi connectivity index (χ1) is 13.5. The summed E-state index contributed by atoms with van der Waals surface area (Å²) in [6.07, 6.45) is 26.2. The van der Waals surface area contributed by atoms with Crippen molar-refractivity contribution in [1.82, 2.24) is 0 Å². The average Bonchev–Trinajstić information content (AvgIpc) is 2.64. The summed E-state index contributed by atoms with van der Waals surface area (Å²) in [5.74, 6) is 0.627. The van der Waals surface area contributed by atoms with E-state index in [0.29, 0.717) is 12.5 Å². The molecule has 0 aliphatic heterocycles. The molecular formula is C24H50O3S. The van der Waals surface area contributed by atoms with E-state index in [4.69, 9.17) is 4.18 Å². The number of hydrogen-bond donors (Lipinski definition) is 0. The zero-order chi connectivity index (χ0) is 20.9. The van der Waals surface area contributed by atoms with Crippen molar-refractivity contribution in [3.8, 4) is 0 Å². The summed E-state index contributed by atoms with van der Waals surface area (Å²) in [5.41, 5.74) is 0. The Labute approximate surface area is 177 Å². The molecule has 0 aromatic heterocycles. The Morgan fingerprint density at radius 2 is 0.929 bits per heavy atom. The van der Waals surface area contributed by atoms with Crippen molar-refractivity contribution in [2.24, 2.45) is 5.92 Å². The Hall–Kier alpha value is -0.0900. The summed E-state index contributed by atoms with van der Waals surface area (Å²) in [4.78, 5) is 0. The lowest BCUT2D eigenvalue weighted by atomic mass is 9.92. The highest BCUT2D eigenvalue weighted by atomic mass is 32.2. The molecule has 0 radical (unpaired) electrons. The molecule has 1 atom stereocenters. The Balaban J connectivity index is 3.77. The zero-order valence-corrected chi connectivity index (χ0v) is 20.2. The number of rotatable bonds is 22. The molecule has 0 saturated carbocycles. The van der Waals surface area contributed by atoms with Gasteiger partial charge in [0, 0.05) is 0 Å². The lowest BCUT2D eigenvalue weighted by Gasteiger charge is -2.16. The highest BCUT2D eigenvalue weighted by Gasteiger charge is 2.11. The molecule has 0 heterocycles. The fourth-order valence-corrected chi connectivity index (χ4v) is 4.33. The zero-order valence-electron chi connectivity index (χ0n) is 19.4. The van der Waals surface area contributed by atoms with Crippen molar-refractivity contribution in [2.45, 2.75) is 136 Å². The van der Waals surface area contributed by atoms with E-state index >= 15 is 0 Å². The largest absolute Gasteiger partial charge is 0.270 e. The van der Waals surface area contributed by atoms with Crippen LogP contribution < -0.4 is 0 Å². The summed E-state index contributed by atoms with van der Waals surface area (Å²) >= 11 is 0. The van der Waals surface area contributed by atoms with E-state index in [9.17, 15) is 8.42 Å². The monoisotopic (exact) mass is 418 g/mol. The van der Waals surface area contributed by atoms with Gasteiger partial charge in [0.2, 0.25) is 0 Å². The lowest BCUT2D eigenvalue weighted by molar-refractivity contribution is 0.265. The summed E-state index contributed by atoms with van der Waals surface area (Å²) in [6, 6.07) is 0. The molecule has 0 bridgehead atoms. The first-order valence-electron chi connectivity index (χ1n) is 12.3. The van der Waals surface area contributed by atoms with Gasteiger partial charge in [-0.25, -0.2) is 0 Å². The van der Waals surface area contributed by atoms with Crippen LogP contribution in [0.25, 0.3) is 0 Å². The SMILES string of the molecule is CCCCCCCCCCCCCC(CCCCCCC)CCOS(C)(=O)=O. The topological polar surface area (TPSA) is 43.4 Å². The van der Waals surface area contributed by atoms with E-state index in [0.717, 1.165) is 12.7 Å². The molecule has 0 N–H and O–H groups in total. The fourth-order valence-electron chi connectivity index (χ4n) is 3.93. The number of hydrogen-bond acceptors (Lipinski definition) is 3. The van der Waals surface area contributed by atoms with Crippen molar-refractivity contribution in [1.29, 1.82) is 0 Å². The molecule has 0 aromatic carbocycles. The standard InChI is InChI=1S/C24H50O3S/c1-4-6-8-10-11-12-13-14-15-17-19-21-24(20-18-16-9-7-5-2)22-23-27-28(3,25)26/h24H,4-23H2,1-3H3. The van der Waals surface area contributed by atoms with E-state index < -0.39 is 10.1 Å². The quantitative estimate of drug-likeness (QED) is 0.132. The van der Waals surface area contributed by atoms with Crippen molar-refractivity contribution in [2.75, 3.05) is 12.9 Å². The fraction of sp³-hybridized carbons (Fsp3) is 1.00. The van der Waals surface area contributed by atoms with Crippen LogP contribution in [0.3, 0.4) is 0 Å². The minimum absolute atomic E-state index is 0.358. The van der Waals surface area contributed by atoms with Crippen LogP contribution >= 0.6 is 0 Å². The van der Waals surface area contributed by atoms with Gasteiger partial charge in [-0.3, -0.25) is 4.18 Å². The van der Waals surface area contributed by atoms with Gasteiger partial charge in [-0.05, 0) is 12.3 Å². The Morgan fingerprint density at radius 1 is 0.571 bits per heavy atom. The summed E-state index contributed by atoms with van der Waals surface area (Å²) in [7, 11) is -3.30. The molecule has 3 nitrogen and oxygen atoms in total. The maximum atomic E-state index is 11.2. The minimum atomic E-state index is -3.30. The summed E-state index contributed by atoms with van der Waals surface area (Å²) in [6.45, 7) is 4.88. The molecule has 0 rings (SSSR count). The minimum Gasteiger partial charge on any atom is -0.270 e. The van der Waals surface area contributed by atoms with Crippen molar-refractivity contribution < 1.29 is 12.6 Å². The number of unbranched alkanes of at least 4 members (excludes halogenated alkanes) is 14. The first kappa shape index (κ1) is 27.9. The second kappa shape index (κ2) is 20.2. The van der Waals surface area contributed by atoms with Gasteiger partial charge in [-0.1, -0.05) is 129 Å². The van der Waals surface area contributed by atoms with Crippen LogP contribution in [0.5, 0.6) is 0 Å². The smallest absolute Gasteiger partial charge is 0.264 e. The van der Waals surface area contributed by atoms with E-state index in [1.807, 2.05) is 0 Å². The van der Waals surface area contributed by atoms with Gasteiger partial charge in [0.05, 0.1) is 12.9 Å². The van der Waals surface area contributed by atoms with Gasteiger partial charge in [-0.2, -0.15) is 8.42 Å². The maximum absolute atomic E-state index is 11.2. The van der Waals surface area contributed by atoms with E-state index in [1.54, 1.807) is 0 Å². The van der Waals surface area contributed by atoms with Crippen molar-refractivity contribution in [3.63, 3.8) is 0 Å². The van der Waals surface area contributed by atoms with Crippen molar-refractivity contribution >= 4 is 10.1 Å². The van der Waals surface area contributed by atoms with Crippen LogP contribution in [0.2, 0.25) is 0 Å². The van der Waals surface area contributed by atoms with Crippen LogP contribution in [0.15, 0.2) is 0 Å². The van der Waals surface area contributed by atoms with Crippen molar-refractivity contribution in [3.05, 3.63) is 0 Å². The Bertz CT molecular complexity index is 406. The van der Waals surface area contributed by atoms with Crippen LogP contribution in [0, 0.1) is 5.92 Å². The normalized spacial score (nSPS) is 13.1. The van der Waals surface area contributed by atoms with Gasteiger partial charge >= 0.3 is 0 Å². The van der Waals surface area contributed by atoms with E-state index in [-0.39, 0.29) is 0 Å². The molecule has 1 unspecified atom stereocenters. The second-order valence-electron chi connectivity index (χ2n) is 8.71. The molecule has 4 heteroatoms. The van der Waals surface area contributed by atoms with E-state index in [2.05, 4.69) is 13.8 Å². The molecule has 170 valence electrons. The van der Waals surface area contributed by atoms with Crippen LogP contribution in [-0.2, 0) is 14.3 Å². The van der Waals surface area contributed by atoms with Gasteiger partial charge in [0.15, 0.2) is 0 Å².